The third kappa shape index (κ3) is 2.18. The van der Waals surface area contributed by atoms with Gasteiger partial charge in [-0.3, -0.25) is 0 Å². The maximum Gasteiger partial charge on any atom is 0.513 e. The summed E-state index contributed by atoms with van der Waals surface area (Å²) in [5.74, 6) is -0.209. The van der Waals surface area contributed by atoms with Gasteiger partial charge in [-0.2, -0.15) is 0 Å². The highest BCUT2D eigenvalue weighted by Crippen LogP contribution is 2.37. The largest absolute Gasteiger partial charge is 0.513 e. The van der Waals surface area contributed by atoms with E-state index in [0.717, 1.165) is 13.2 Å². The lowest BCUT2D eigenvalue weighted by atomic mass is 9.79. The topological polar surface area (TPSA) is 27.7 Å². The van der Waals surface area contributed by atoms with Crippen LogP contribution in [0.3, 0.4) is 0 Å². The molecule has 0 aliphatic heterocycles. The van der Waals surface area contributed by atoms with Gasteiger partial charge in [0.05, 0.1) is 21.3 Å². The summed E-state index contributed by atoms with van der Waals surface area (Å²) in [5, 5.41) is 0. The molecule has 0 fully saturated rings. The molecule has 1 aromatic rings. The van der Waals surface area contributed by atoms with Crippen LogP contribution in [0.25, 0.3) is 0 Å². The van der Waals surface area contributed by atoms with Crippen molar-refractivity contribution >= 4 is 12.4 Å². The van der Waals surface area contributed by atoms with Crippen molar-refractivity contribution in [3.05, 3.63) is 12.1 Å². The molecular formula is C9H11BF3O3-. The molecule has 0 aliphatic carbocycles. The Morgan fingerprint density at radius 1 is 0.875 bits per heavy atom. The summed E-state index contributed by atoms with van der Waals surface area (Å²) in [6.07, 6.45) is 0. The fourth-order valence-electron chi connectivity index (χ4n) is 1.38. The van der Waals surface area contributed by atoms with Gasteiger partial charge in [0.2, 0.25) is 0 Å². The molecule has 3 nitrogen and oxygen atoms in total. The van der Waals surface area contributed by atoms with E-state index in [2.05, 4.69) is 0 Å². The van der Waals surface area contributed by atoms with Gasteiger partial charge in [0.25, 0.3) is 0 Å². The van der Waals surface area contributed by atoms with Crippen molar-refractivity contribution in [3.63, 3.8) is 0 Å². The fourth-order valence-corrected chi connectivity index (χ4v) is 1.38. The molecule has 0 unspecified atom stereocenters. The van der Waals surface area contributed by atoms with E-state index in [1.165, 1.54) is 20.3 Å². The highest BCUT2D eigenvalue weighted by Gasteiger charge is 2.31. The average Bonchev–Trinajstić information content (AvgIpc) is 2.25. The van der Waals surface area contributed by atoms with Crippen LogP contribution < -0.4 is 19.7 Å². The Kier molecular flexibility index (Phi) is 3.56. The molecule has 1 rings (SSSR count). The van der Waals surface area contributed by atoms with Crippen molar-refractivity contribution in [1.82, 2.24) is 0 Å². The molecule has 0 aliphatic rings. The molecule has 0 spiro atoms. The second kappa shape index (κ2) is 4.55. The summed E-state index contributed by atoms with van der Waals surface area (Å²) in [4.78, 5) is 0. The number of benzene rings is 1. The minimum absolute atomic E-state index is 0.0540. The highest BCUT2D eigenvalue weighted by atomic mass is 19.4. The van der Waals surface area contributed by atoms with Gasteiger partial charge >= 0.3 is 6.98 Å². The summed E-state index contributed by atoms with van der Waals surface area (Å²) in [6, 6.07) is 2.12. The first kappa shape index (κ1) is 12.5. The standard InChI is InChI=1S/C9H11BF3O3/c1-14-7-5-4-6(10(11,12)13)8(15-2)9(7)16-3/h4-5H,1-3H3/q-1. The van der Waals surface area contributed by atoms with Crippen LogP contribution in [0.2, 0.25) is 0 Å². The molecule has 0 radical (unpaired) electrons. The smallest absolute Gasteiger partial charge is 0.496 e. The fraction of sp³-hybridized carbons (Fsp3) is 0.333. The molecule has 0 saturated carbocycles. The Hall–Kier alpha value is -1.53. The SMILES string of the molecule is COc1ccc([B-](F)(F)F)c(OC)c1OC. The zero-order chi connectivity index (χ0) is 12.3. The maximum atomic E-state index is 12.7. The predicted molar refractivity (Wildman–Crippen MR) is 54.8 cm³/mol. The van der Waals surface area contributed by atoms with E-state index in [4.69, 9.17) is 14.2 Å². The lowest BCUT2D eigenvalue weighted by Gasteiger charge is -2.21. The van der Waals surface area contributed by atoms with Gasteiger partial charge in [0.1, 0.15) is 5.75 Å². The summed E-state index contributed by atoms with van der Waals surface area (Å²) >= 11 is 0. The van der Waals surface area contributed by atoms with E-state index in [0.29, 0.717) is 0 Å². The molecule has 0 atom stereocenters. The molecule has 7 heteroatoms. The second-order valence-electron chi connectivity index (χ2n) is 3.00. The van der Waals surface area contributed by atoms with Crippen molar-refractivity contribution in [2.45, 2.75) is 0 Å². The lowest BCUT2D eigenvalue weighted by molar-refractivity contribution is 0.324. The third-order valence-corrected chi connectivity index (χ3v) is 2.09. The van der Waals surface area contributed by atoms with Gasteiger partial charge in [0.15, 0.2) is 11.5 Å². The number of rotatable bonds is 4. The van der Waals surface area contributed by atoms with Gasteiger partial charge in [-0.1, -0.05) is 11.5 Å². The summed E-state index contributed by atoms with van der Waals surface area (Å²) < 4.78 is 52.5. The van der Waals surface area contributed by atoms with Crippen molar-refractivity contribution < 1.29 is 27.2 Å². The van der Waals surface area contributed by atoms with E-state index < -0.39 is 12.4 Å². The highest BCUT2D eigenvalue weighted by molar-refractivity contribution is 6.74. The molecule has 16 heavy (non-hydrogen) atoms. The summed E-state index contributed by atoms with van der Waals surface area (Å²) in [7, 11) is 3.76. The Morgan fingerprint density at radius 3 is 1.81 bits per heavy atom. The quantitative estimate of drug-likeness (QED) is 0.744. The maximum absolute atomic E-state index is 12.7. The Morgan fingerprint density at radius 2 is 1.44 bits per heavy atom. The molecule has 0 saturated heterocycles. The van der Waals surface area contributed by atoms with Gasteiger partial charge in [0, 0.05) is 0 Å². The van der Waals surface area contributed by atoms with Gasteiger partial charge in [-0.05, 0) is 6.07 Å². The van der Waals surface area contributed by atoms with Crippen LogP contribution in [0, 0.1) is 0 Å². The van der Waals surface area contributed by atoms with Crippen LogP contribution >= 0.6 is 0 Å². The second-order valence-corrected chi connectivity index (χ2v) is 3.00. The molecule has 0 amide bonds. The summed E-state index contributed by atoms with van der Waals surface area (Å²) in [5.41, 5.74) is -0.833. The molecule has 90 valence electrons. The van der Waals surface area contributed by atoms with Crippen LogP contribution in [0.4, 0.5) is 12.9 Å². The van der Waals surface area contributed by atoms with Crippen LogP contribution in [0.15, 0.2) is 12.1 Å². The van der Waals surface area contributed by atoms with Crippen LogP contribution in [0.1, 0.15) is 0 Å². The Bertz CT molecular complexity index is 379. The average molecular weight is 235 g/mol. The van der Waals surface area contributed by atoms with Crippen LogP contribution in [-0.2, 0) is 0 Å². The van der Waals surface area contributed by atoms with E-state index in [9.17, 15) is 12.9 Å². The first-order valence-electron chi connectivity index (χ1n) is 4.44. The molecule has 0 N–H and O–H groups in total. The zero-order valence-corrected chi connectivity index (χ0v) is 9.09. The number of halogens is 3. The molecular weight excluding hydrogens is 224 g/mol. The van der Waals surface area contributed by atoms with Crippen LogP contribution in [-0.4, -0.2) is 28.3 Å². The number of methoxy groups -OCH3 is 3. The van der Waals surface area contributed by atoms with Gasteiger partial charge in [-0.15, -0.1) is 0 Å². The molecule has 0 aromatic heterocycles. The monoisotopic (exact) mass is 235 g/mol. The summed E-state index contributed by atoms with van der Waals surface area (Å²) in [6.45, 7) is -5.15. The number of ether oxygens (including phenoxy) is 3. The van der Waals surface area contributed by atoms with E-state index in [-0.39, 0.29) is 17.2 Å². The van der Waals surface area contributed by atoms with E-state index >= 15 is 0 Å². The molecule has 0 heterocycles. The van der Waals surface area contributed by atoms with Gasteiger partial charge in [-0.25, -0.2) is 0 Å². The zero-order valence-electron chi connectivity index (χ0n) is 9.09. The third-order valence-electron chi connectivity index (χ3n) is 2.09. The van der Waals surface area contributed by atoms with Crippen molar-refractivity contribution in [1.29, 1.82) is 0 Å². The Labute approximate surface area is 91.2 Å². The van der Waals surface area contributed by atoms with Crippen LogP contribution in [0.5, 0.6) is 17.2 Å². The normalized spacial score (nSPS) is 11.1. The minimum atomic E-state index is -5.15. The first-order valence-corrected chi connectivity index (χ1v) is 4.44. The van der Waals surface area contributed by atoms with Crippen molar-refractivity contribution in [3.8, 4) is 17.2 Å². The van der Waals surface area contributed by atoms with Crippen molar-refractivity contribution in [2.24, 2.45) is 0 Å². The van der Waals surface area contributed by atoms with E-state index in [1.54, 1.807) is 0 Å². The lowest BCUT2D eigenvalue weighted by Crippen LogP contribution is -2.35. The predicted octanol–water partition coefficient (Wildman–Crippen LogP) is 1.77. The minimum Gasteiger partial charge on any atom is -0.496 e. The van der Waals surface area contributed by atoms with Gasteiger partial charge < -0.3 is 27.2 Å². The number of hydrogen-bond donors (Lipinski definition) is 0. The molecule has 0 bridgehead atoms. The first-order chi connectivity index (χ1) is 7.45. The van der Waals surface area contributed by atoms with Crippen molar-refractivity contribution in [2.75, 3.05) is 21.3 Å². The van der Waals surface area contributed by atoms with E-state index in [1.807, 2.05) is 0 Å². The Balaban J connectivity index is 3.43. The molecule has 1 aromatic carbocycles. The number of hydrogen-bond acceptors (Lipinski definition) is 3.